The second-order valence-electron chi connectivity index (χ2n) is 9.45. The number of hydrogen-bond acceptors (Lipinski definition) is 3. The number of rotatable bonds is 9. The average molecular weight is 408 g/mol. The zero-order valence-electron chi connectivity index (χ0n) is 16.9. The fourth-order valence-electron chi connectivity index (χ4n) is 5.29. The van der Waals surface area contributed by atoms with Crippen molar-refractivity contribution < 1.29 is 23.4 Å². The number of carboxylic acids is 1. The quantitative estimate of drug-likeness (QED) is 0.657. The lowest BCUT2D eigenvalue weighted by atomic mass is 9.65. The predicted octanol–water partition coefficient (Wildman–Crippen LogP) is 4.44. The molecule has 1 atom stereocenters. The van der Waals surface area contributed by atoms with Gasteiger partial charge in [0.15, 0.2) is 0 Å². The Balaban J connectivity index is 1.21. The van der Waals surface area contributed by atoms with E-state index in [4.69, 9.17) is 9.84 Å². The minimum Gasteiger partial charge on any atom is -0.481 e. The van der Waals surface area contributed by atoms with E-state index in [9.17, 15) is 13.6 Å². The molecule has 1 saturated heterocycles. The molecule has 0 spiro atoms. The fraction of sp³-hybridized carbons (Fsp3) is 0.696. The van der Waals surface area contributed by atoms with Gasteiger partial charge in [-0.25, -0.2) is 8.78 Å². The monoisotopic (exact) mass is 407 g/mol. The van der Waals surface area contributed by atoms with Crippen LogP contribution in [0.1, 0.15) is 44.1 Å². The second kappa shape index (κ2) is 8.31. The minimum atomic E-state index is -2.63. The van der Waals surface area contributed by atoms with E-state index in [1.807, 2.05) is 30.3 Å². The Morgan fingerprint density at radius 1 is 1.14 bits per heavy atom. The third kappa shape index (κ3) is 4.80. The molecule has 2 aliphatic carbocycles. The molecule has 160 valence electrons. The third-order valence-electron chi connectivity index (χ3n) is 7.26. The average Bonchev–Trinajstić information content (AvgIpc) is 3.19. The summed E-state index contributed by atoms with van der Waals surface area (Å²) in [6.45, 7) is 2.62. The summed E-state index contributed by atoms with van der Waals surface area (Å²) < 4.78 is 34.1. The number of alkyl halides is 2. The van der Waals surface area contributed by atoms with E-state index >= 15 is 0 Å². The van der Waals surface area contributed by atoms with Crippen LogP contribution in [0.3, 0.4) is 0 Å². The van der Waals surface area contributed by atoms with Gasteiger partial charge < -0.3 is 14.7 Å². The highest BCUT2D eigenvalue weighted by atomic mass is 19.3. The summed E-state index contributed by atoms with van der Waals surface area (Å²) >= 11 is 0. The molecular weight excluding hydrogens is 376 g/mol. The van der Waals surface area contributed by atoms with E-state index in [-0.39, 0.29) is 19.4 Å². The summed E-state index contributed by atoms with van der Waals surface area (Å²) in [6, 6.07) is 9.68. The van der Waals surface area contributed by atoms with Crippen LogP contribution in [-0.4, -0.2) is 48.1 Å². The Labute approximate surface area is 171 Å². The minimum absolute atomic E-state index is 0.0752. The van der Waals surface area contributed by atoms with Crippen LogP contribution in [0.15, 0.2) is 30.3 Å². The van der Waals surface area contributed by atoms with E-state index in [1.165, 1.54) is 0 Å². The van der Waals surface area contributed by atoms with Gasteiger partial charge in [0.1, 0.15) is 0 Å². The lowest BCUT2D eigenvalue weighted by molar-refractivity contribution is -0.139. The highest BCUT2D eigenvalue weighted by Gasteiger charge is 2.71. The van der Waals surface area contributed by atoms with Gasteiger partial charge in [-0.3, -0.25) is 4.79 Å². The van der Waals surface area contributed by atoms with Gasteiger partial charge in [0.05, 0.1) is 18.6 Å². The van der Waals surface area contributed by atoms with Crippen LogP contribution >= 0.6 is 0 Å². The van der Waals surface area contributed by atoms with Crippen molar-refractivity contribution >= 4 is 5.97 Å². The summed E-state index contributed by atoms with van der Waals surface area (Å²) in [7, 11) is 0. The van der Waals surface area contributed by atoms with E-state index < -0.39 is 17.3 Å². The Kier molecular flexibility index (Phi) is 5.94. The van der Waals surface area contributed by atoms with Crippen LogP contribution in [-0.2, 0) is 16.1 Å². The summed E-state index contributed by atoms with van der Waals surface area (Å²) in [4.78, 5) is 13.0. The van der Waals surface area contributed by atoms with Gasteiger partial charge in [0.2, 0.25) is 0 Å². The van der Waals surface area contributed by atoms with Gasteiger partial charge in [0.25, 0.3) is 5.92 Å². The van der Waals surface area contributed by atoms with E-state index in [2.05, 4.69) is 4.90 Å². The van der Waals surface area contributed by atoms with Gasteiger partial charge in [-0.1, -0.05) is 30.3 Å². The summed E-state index contributed by atoms with van der Waals surface area (Å²) in [5.41, 5.74) is -0.0216. The van der Waals surface area contributed by atoms with E-state index in [1.54, 1.807) is 0 Å². The van der Waals surface area contributed by atoms with Crippen LogP contribution in [0.5, 0.6) is 0 Å². The maximum absolute atomic E-state index is 14.2. The number of ether oxygens (including phenoxy) is 1. The predicted molar refractivity (Wildman–Crippen MR) is 106 cm³/mol. The molecule has 1 aromatic rings. The third-order valence-corrected chi connectivity index (χ3v) is 7.26. The van der Waals surface area contributed by atoms with Crippen molar-refractivity contribution in [1.82, 2.24) is 4.90 Å². The van der Waals surface area contributed by atoms with Gasteiger partial charge in [-0.05, 0) is 62.1 Å². The largest absolute Gasteiger partial charge is 0.481 e. The first-order valence-corrected chi connectivity index (χ1v) is 10.8. The summed E-state index contributed by atoms with van der Waals surface area (Å²) in [5, 5.41) is 8.88. The standard InChI is InChI=1S/C23H31F2NO3/c24-23(25)14-22(23,16-29-13-17-4-2-1-3-5-17)15-26-8-6-19(7-9-26)20-10-18(11-20)12-21(27)28/h1-5,18-20H,6-16H2,(H,27,28)/t18?,20?,22-/m1/s1. The van der Waals surface area contributed by atoms with Gasteiger partial charge in [0, 0.05) is 19.4 Å². The molecule has 29 heavy (non-hydrogen) atoms. The summed E-state index contributed by atoms with van der Waals surface area (Å²) in [6.07, 6.45) is 4.33. The first-order chi connectivity index (χ1) is 13.9. The molecule has 0 unspecified atom stereocenters. The second-order valence-corrected chi connectivity index (χ2v) is 9.45. The van der Waals surface area contributed by atoms with Crippen molar-refractivity contribution in [2.75, 3.05) is 26.2 Å². The molecule has 4 rings (SSSR count). The van der Waals surface area contributed by atoms with Crippen LogP contribution < -0.4 is 0 Å². The molecule has 2 saturated carbocycles. The molecule has 0 bridgehead atoms. The highest BCUT2D eigenvalue weighted by molar-refractivity contribution is 5.67. The van der Waals surface area contributed by atoms with Crippen molar-refractivity contribution in [3.05, 3.63) is 35.9 Å². The Hall–Kier alpha value is -1.53. The lowest BCUT2D eigenvalue weighted by Crippen LogP contribution is -2.43. The Bertz CT molecular complexity index is 699. The smallest absolute Gasteiger partial charge is 0.303 e. The highest BCUT2D eigenvalue weighted by Crippen LogP contribution is 2.61. The molecule has 4 nitrogen and oxygen atoms in total. The first kappa shape index (κ1) is 20.7. The molecule has 0 amide bonds. The first-order valence-electron chi connectivity index (χ1n) is 10.8. The molecule has 3 fully saturated rings. The maximum atomic E-state index is 14.2. The normalized spacial score (nSPS) is 31.9. The van der Waals surface area contributed by atoms with Gasteiger partial charge >= 0.3 is 5.97 Å². The molecule has 1 heterocycles. The molecular formula is C23H31F2NO3. The van der Waals surface area contributed by atoms with Crippen molar-refractivity contribution in [2.24, 2.45) is 23.2 Å². The number of carbonyl (C=O) groups is 1. The van der Waals surface area contributed by atoms with Crippen LogP contribution in [0.4, 0.5) is 8.78 Å². The van der Waals surface area contributed by atoms with E-state index in [0.717, 1.165) is 44.3 Å². The zero-order valence-corrected chi connectivity index (χ0v) is 16.9. The van der Waals surface area contributed by atoms with Gasteiger partial charge in [-0.2, -0.15) is 0 Å². The molecule has 1 aliphatic heterocycles. The SMILES string of the molecule is O=C(O)CC1CC(C2CCN(C[C@@]3(COCc4ccccc4)CC3(F)F)CC2)C1. The van der Waals surface area contributed by atoms with Crippen LogP contribution in [0.2, 0.25) is 0 Å². The molecule has 3 aliphatic rings. The molecule has 1 N–H and O–H groups in total. The van der Waals surface area contributed by atoms with Crippen molar-refractivity contribution in [3.63, 3.8) is 0 Å². The van der Waals surface area contributed by atoms with Gasteiger partial charge in [-0.15, -0.1) is 0 Å². The number of aliphatic carboxylic acids is 1. The Morgan fingerprint density at radius 2 is 1.79 bits per heavy atom. The number of likely N-dealkylation sites (tertiary alicyclic amines) is 1. The molecule has 1 aromatic carbocycles. The molecule has 6 heteroatoms. The van der Waals surface area contributed by atoms with Crippen LogP contribution in [0, 0.1) is 23.2 Å². The molecule has 0 aromatic heterocycles. The number of nitrogens with zero attached hydrogens (tertiary/aromatic N) is 1. The van der Waals surface area contributed by atoms with E-state index in [0.29, 0.717) is 30.9 Å². The zero-order chi connectivity index (χ0) is 20.5. The number of hydrogen-bond donors (Lipinski definition) is 1. The van der Waals surface area contributed by atoms with Crippen molar-refractivity contribution in [3.8, 4) is 0 Å². The fourth-order valence-corrected chi connectivity index (χ4v) is 5.29. The lowest BCUT2D eigenvalue weighted by Gasteiger charge is -2.44. The van der Waals surface area contributed by atoms with Crippen molar-refractivity contribution in [1.29, 1.82) is 0 Å². The van der Waals surface area contributed by atoms with Crippen LogP contribution in [0.25, 0.3) is 0 Å². The number of carboxylic acid groups (broad SMARTS) is 1. The van der Waals surface area contributed by atoms with Crippen molar-refractivity contribution in [2.45, 2.75) is 51.1 Å². The number of piperidine rings is 1. The molecule has 0 radical (unpaired) electrons. The number of benzene rings is 1. The summed E-state index contributed by atoms with van der Waals surface area (Å²) in [5.74, 6) is -1.73. The Morgan fingerprint density at radius 3 is 2.38 bits per heavy atom. The maximum Gasteiger partial charge on any atom is 0.303 e. The topological polar surface area (TPSA) is 49.8 Å². The number of halogens is 2.